The van der Waals surface area contributed by atoms with Gasteiger partial charge in [-0.25, -0.2) is 9.97 Å². The molecule has 3 N–H and O–H groups in total. The number of fused-ring (bicyclic) bond motifs is 2. The lowest BCUT2D eigenvalue weighted by atomic mass is 10.1. The lowest BCUT2D eigenvalue weighted by Crippen LogP contribution is -2.12. The number of pyridine rings is 4. The predicted molar refractivity (Wildman–Crippen MR) is 150 cm³/mol. The van der Waals surface area contributed by atoms with Crippen LogP contribution in [0.15, 0.2) is 97.8 Å². The van der Waals surface area contributed by atoms with Gasteiger partial charge in [0.05, 0.1) is 28.4 Å². The van der Waals surface area contributed by atoms with E-state index in [1.807, 2.05) is 61.1 Å². The van der Waals surface area contributed by atoms with Gasteiger partial charge in [0.1, 0.15) is 5.52 Å². The lowest BCUT2D eigenvalue weighted by Gasteiger charge is -2.07. The summed E-state index contributed by atoms with van der Waals surface area (Å²) < 4.78 is 0. The maximum Gasteiger partial charge on any atom is 0.161 e. The number of rotatable bonds is 7. The normalized spacial score (nSPS) is 11.4. The van der Waals surface area contributed by atoms with Crippen molar-refractivity contribution in [2.75, 3.05) is 0 Å². The number of hydrogen-bond donors (Lipinski definition) is 3. The van der Waals surface area contributed by atoms with Crippen LogP contribution >= 0.6 is 0 Å². The number of H-pyrrole nitrogens is 2. The van der Waals surface area contributed by atoms with Crippen LogP contribution in [0.1, 0.15) is 11.1 Å². The minimum atomic E-state index is 0.626. The van der Waals surface area contributed by atoms with Crippen LogP contribution in [0.5, 0.6) is 0 Å². The molecule has 0 radical (unpaired) electrons. The van der Waals surface area contributed by atoms with Gasteiger partial charge in [-0.3, -0.25) is 20.1 Å². The third-order valence-corrected chi connectivity index (χ3v) is 6.61. The Morgan fingerprint density at radius 1 is 0.667 bits per heavy atom. The second kappa shape index (κ2) is 9.88. The Labute approximate surface area is 223 Å². The van der Waals surface area contributed by atoms with Gasteiger partial charge in [-0.2, -0.15) is 5.10 Å². The Morgan fingerprint density at radius 3 is 2.41 bits per heavy atom. The summed E-state index contributed by atoms with van der Waals surface area (Å²) in [6, 6.07) is 20.3. The zero-order valence-corrected chi connectivity index (χ0v) is 20.8. The molecule has 0 amide bonds. The van der Waals surface area contributed by atoms with Crippen LogP contribution < -0.4 is 5.32 Å². The second-order valence-corrected chi connectivity index (χ2v) is 9.24. The molecule has 0 atom stereocenters. The van der Waals surface area contributed by atoms with Gasteiger partial charge in [-0.05, 0) is 47.0 Å². The molecule has 6 heterocycles. The van der Waals surface area contributed by atoms with Gasteiger partial charge >= 0.3 is 0 Å². The van der Waals surface area contributed by atoms with Crippen LogP contribution in [0.3, 0.4) is 0 Å². The minimum absolute atomic E-state index is 0.626. The van der Waals surface area contributed by atoms with Gasteiger partial charge < -0.3 is 10.3 Å². The number of imidazole rings is 1. The average Bonchev–Trinajstić information content (AvgIpc) is 3.62. The molecular weight excluding hydrogens is 486 g/mol. The van der Waals surface area contributed by atoms with E-state index in [2.05, 4.69) is 53.6 Å². The molecule has 0 unspecified atom stereocenters. The summed E-state index contributed by atoms with van der Waals surface area (Å²) in [6.45, 7) is 1.51. The molecule has 7 aromatic rings. The number of benzene rings is 1. The quantitative estimate of drug-likeness (QED) is 0.266. The zero-order chi connectivity index (χ0) is 26.0. The molecule has 1 aromatic carbocycles. The lowest BCUT2D eigenvalue weighted by molar-refractivity contribution is 0.691. The van der Waals surface area contributed by atoms with Crippen molar-refractivity contribution in [3.8, 4) is 33.9 Å². The van der Waals surface area contributed by atoms with E-state index >= 15 is 0 Å². The maximum atomic E-state index is 4.96. The van der Waals surface area contributed by atoms with E-state index in [9.17, 15) is 0 Å². The highest BCUT2D eigenvalue weighted by atomic mass is 15.2. The fraction of sp³-hybridized carbons (Fsp3) is 0.0667. The van der Waals surface area contributed by atoms with Crippen LogP contribution in [0, 0.1) is 0 Å². The number of nitrogens with one attached hydrogen (secondary N) is 3. The topological polar surface area (TPSA) is 121 Å². The molecule has 0 saturated carbocycles. The summed E-state index contributed by atoms with van der Waals surface area (Å²) in [4.78, 5) is 26.2. The van der Waals surface area contributed by atoms with E-state index in [1.165, 1.54) is 5.56 Å². The van der Waals surface area contributed by atoms with Crippen molar-refractivity contribution in [1.82, 2.24) is 45.4 Å². The van der Waals surface area contributed by atoms with Crippen LogP contribution in [0.2, 0.25) is 0 Å². The molecule has 0 aliphatic rings. The van der Waals surface area contributed by atoms with Crippen LogP contribution in [-0.2, 0) is 13.1 Å². The Kier molecular flexibility index (Phi) is 5.80. The monoisotopic (exact) mass is 509 g/mol. The van der Waals surface area contributed by atoms with Gasteiger partial charge in [0.2, 0.25) is 0 Å². The summed E-state index contributed by atoms with van der Waals surface area (Å²) in [5.41, 5.74) is 9.88. The molecule has 0 aliphatic heterocycles. The van der Waals surface area contributed by atoms with Gasteiger partial charge in [0.25, 0.3) is 0 Å². The Balaban J connectivity index is 1.20. The minimum Gasteiger partial charge on any atom is -0.335 e. The molecule has 9 heteroatoms. The van der Waals surface area contributed by atoms with E-state index in [4.69, 9.17) is 9.97 Å². The number of nitrogens with zero attached hydrogens (tertiary/aromatic N) is 6. The Hall–Kier alpha value is -5.28. The van der Waals surface area contributed by atoms with Crippen molar-refractivity contribution in [1.29, 1.82) is 0 Å². The van der Waals surface area contributed by atoms with E-state index in [1.54, 1.807) is 18.6 Å². The summed E-state index contributed by atoms with van der Waals surface area (Å²) >= 11 is 0. The molecule has 39 heavy (non-hydrogen) atoms. The molecule has 0 bridgehead atoms. The Bertz CT molecular complexity index is 1890. The maximum absolute atomic E-state index is 4.96. The SMILES string of the molecule is c1ccc(CNCc2cncc(-c3ccc4[nH]nc(-c5nc6c(-c7ccncc7)cncc6[nH]5)c4n3)c2)cc1. The van der Waals surface area contributed by atoms with E-state index in [0.717, 1.165) is 56.6 Å². The summed E-state index contributed by atoms with van der Waals surface area (Å²) in [7, 11) is 0. The van der Waals surface area contributed by atoms with Gasteiger partial charge in [0.15, 0.2) is 11.5 Å². The molecule has 6 aromatic heterocycles. The number of aromatic amines is 2. The van der Waals surface area contributed by atoms with Crippen LogP contribution in [0.25, 0.3) is 56.0 Å². The van der Waals surface area contributed by atoms with Crippen molar-refractivity contribution >= 4 is 22.1 Å². The zero-order valence-electron chi connectivity index (χ0n) is 20.8. The van der Waals surface area contributed by atoms with Crippen molar-refractivity contribution in [2.24, 2.45) is 0 Å². The third kappa shape index (κ3) is 4.51. The highest BCUT2D eigenvalue weighted by Gasteiger charge is 2.17. The van der Waals surface area contributed by atoms with Crippen molar-refractivity contribution < 1.29 is 0 Å². The van der Waals surface area contributed by atoms with Gasteiger partial charge in [0, 0.05) is 55.2 Å². The van der Waals surface area contributed by atoms with Crippen molar-refractivity contribution in [2.45, 2.75) is 13.1 Å². The van der Waals surface area contributed by atoms with Gasteiger partial charge in [-0.15, -0.1) is 0 Å². The van der Waals surface area contributed by atoms with E-state index in [0.29, 0.717) is 18.1 Å². The average molecular weight is 510 g/mol. The van der Waals surface area contributed by atoms with Crippen molar-refractivity contribution in [3.63, 3.8) is 0 Å². The highest BCUT2D eigenvalue weighted by molar-refractivity contribution is 5.95. The molecule has 0 spiro atoms. The molecule has 0 aliphatic carbocycles. The fourth-order valence-electron chi connectivity index (χ4n) is 4.68. The smallest absolute Gasteiger partial charge is 0.161 e. The first-order valence-electron chi connectivity index (χ1n) is 12.6. The Morgan fingerprint density at radius 2 is 1.51 bits per heavy atom. The first-order chi connectivity index (χ1) is 19.3. The molecular formula is C30H23N9. The van der Waals surface area contributed by atoms with E-state index < -0.39 is 0 Å². The standard InChI is InChI=1S/C30H23N9/c1-2-4-19(5-3-1)13-32-14-20-12-22(16-33-15-20)24-6-7-25-28(35-24)29(39-38-25)30-36-26-18-34-17-23(27(26)37-30)21-8-10-31-11-9-21/h1-12,15-18,32H,13-14H2,(H,36,37)(H,38,39). The van der Waals surface area contributed by atoms with Crippen LogP contribution in [0.4, 0.5) is 0 Å². The van der Waals surface area contributed by atoms with Crippen molar-refractivity contribution in [3.05, 3.63) is 109 Å². The highest BCUT2D eigenvalue weighted by Crippen LogP contribution is 2.31. The van der Waals surface area contributed by atoms with Gasteiger partial charge in [-0.1, -0.05) is 30.3 Å². The first-order valence-corrected chi connectivity index (χ1v) is 12.6. The first kappa shape index (κ1) is 22.9. The molecule has 7 rings (SSSR count). The second-order valence-electron chi connectivity index (χ2n) is 9.24. The molecule has 0 saturated heterocycles. The third-order valence-electron chi connectivity index (χ3n) is 6.61. The van der Waals surface area contributed by atoms with Crippen LogP contribution in [-0.4, -0.2) is 40.1 Å². The predicted octanol–water partition coefficient (Wildman–Crippen LogP) is 5.31. The molecule has 0 fully saturated rings. The molecule has 9 nitrogen and oxygen atoms in total. The summed E-state index contributed by atoms with van der Waals surface area (Å²) in [6.07, 6.45) is 10.8. The molecule has 188 valence electrons. The van der Waals surface area contributed by atoms with E-state index in [-0.39, 0.29) is 0 Å². The number of hydrogen-bond acceptors (Lipinski definition) is 7. The largest absolute Gasteiger partial charge is 0.335 e. The fourth-order valence-corrected chi connectivity index (χ4v) is 4.68. The summed E-state index contributed by atoms with van der Waals surface area (Å²) in [5, 5.41) is 11.1. The number of aromatic nitrogens is 8. The summed E-state index contributed by atoms with van der Waals surface area (Å²) in [5.74, 6) is 0.626.